The van der Waals surface area contributed by atoms with E-state index in [1.165, 1.54) is 0 Å². The number of aldehydes is 1. The molecule has 0 aliphatic rings. The monoisotopic (exact) mass is 96.1 g/mol. The molecule has 0 aromatic heterocycles. The molecule has 0 radical (unpaired) electrons. The van der Waals surface area contributed by atoms with Gasteiger partial charge >= 0.3 is 0 Å². The van der Waals surface area contributed by atoms with E-state index in [2.05, 4.69) is 6.58 Å². The first-order valence-corrected chi connectivity index (χ1v) is 2.13. The van der Waals surface area contributed by atoms with E-state index in [1.807, 2.05) is 0 Å². The average molecular weight is 96.1 g/mol. The highest BCUT2D eigenvalue weighted by molar-refractivity contribution is 5.51. The maximum absolute atomic E-state index is 9.59. The van der Waals surface area contributed by atoms with E-state index in [4.69, 9.17) is 0 Å². The molecule has 0 amide bonds. The molecular formula is C6H8O. The second-order valence-electron chi connectivity index (χ2n) is 1.07. The third kappa shape index (κ3) is 5.15. The summed E-state index contributed by atoms with van der Waals surface area (Å²) in [6, 6.07) is 0. The van der Waals surface area contributed by atoms with Gasteiger partial charge in [-0.3, -0.25) is 0 Å². The molecule has 0 aromatic rings. The third-order valence-electron chi connectivity index (χ3n) is 0.504. The zero-order chi connectivity index (χ0) is 5.54. The predicted octanol–water partition coefficient (Wildman–Crippen LogP) is 1.32. The lowest BCUT2D eigenvalue weighted by Crippen LogP contribution is -1.62. The number of carbonyl (C=O) groups excluding carboxylic acids is 1. The Labute approximate surface area is 43.3 Å². The van der Waals surface area contributed by atoms with Gasteiger partial charge in [-0.05, 0) is 0 Å². The lowest BCUT2D eigenvalue weighted by Gasteiger charge is -1.68. The fraction of sp³-hybridized carbons (Fsp3) is 0.167. The second-order valence-corrected chi connectivity index (χ2v) is 1.07. The number of allylic oxidation sites excluding steroid dienone is 3. The minimum atomic E-state index is 0.492. The van der Waals surface area contributed by atoms with Crippen molar-refractivity contribution in [2.75, 3.05) is 0 Å². The molecule has 0 saturated carbocycles. The van der Waals surface area contributed by atoms with E-state index in [9.17, 15) is 4.79 Å². The lowest BCUT2D eigenvalue weighted by molar-refractivity contribution is -0.107. The van der Waals surface area contributed by atoms with Gasteiger partial charge in [-0.1, -0.05) is 24.8 Å². The van der Waals surface area contributed by atoms with Crippen LogP contribution in [0.5, 0.6) is 0 Å². The molecule has 0 aliphatic carbocycles. The Bertz CT molecular complexity index is 82.2. The van der Waals surface area contributed by atoms with E-state index in [-0.39, 0.29) is 0 Å². The van der Waals surface area contributed by atoms with E-state index in [1.54, 1.807) is 18.2 Å². The first kappa shape index (κ1) is 6.15. The summed E-state index contributed by atoms with van der Waals surface area (Å²) >= 11 is 0. The summed E-state index contributed by atoms with van der Waals surface area (Å²) in [5, 5.41) is 0. The lowest BCUT2D eigenvalue weighted by atomic mass is 10.4. The highest BCUT2D eigenvalue weighted by Crippen LogP contribution is 1.75. The molecule has 1 heteroatoms. The molecule has 0 aliphatic heterocycles. The van der Waals surface area contributed by atoms with E-state index >= 15 is 0 Å². The van der Waals surface area contributed by atoms with Crippen LogP contribution in [0.15, 0.2) is 24.8 Å². The normalized spacial score (nSPS) is 9.14. The molecule has 0 bridgehead atoms. The van der Waals surface area contributed by atoms with Gasteiger partial charge in [-0.2, -0.15) is 0 Å². The van der Waals surface area contributed by atoms with Crippen molar-refractivity contribution < 1.29 is 4.79 Å². The van der Waals surface area contributed by atoms with Gasteiger partial charge in [0.25, 0.3) is 0 Å². The minimum Gasteiger partial charge on any atom is -0.303 e. The van der Waals surface area contributed by atoms with Crippen LogP contribution in [-0.4, -0.2) is 6.29 Å². The van der Waals surface area contributed by atoms with Crippen molar-refractivity contribution in [3.63, 3.8) is 0 Å². The minimum absolute atomic E-state index is 0.492. The summed E-state index contributed by atoms with van der Waals surface area (Å²) in [4.78, 5) is 9.59. The molecule has 1 nitrogen and oxygen atoms in total. The quantitative estimate of drug-likeness (QED) is 0.382. The number of hydrogen-bond donors (Lipinski definition) is 0. The Balaban J connectivity index is 3.08. The van der Waals surface area contributed by atoms with Gasteiger partial charge in [0.2, 0.25) is 0 Å². The molecule has 7 heavy (non-hydrogen) atoms. The molecule has 0 atom stereocenters. The van der Waals surface area contributed by atoms with Crippen molar-refractivity contribution in [3.05, 3.63) is 24.8 Å². The highest BCUT2D eigenvalue weighted by atomic mass is 16.1. The molecule has 0 rings (SSSR count). The fourth-order valence-electron chi connectivity index (χ4n) is 0.230. The maximum Gasteiger partial charge on any atom is 0.123 e. The van der Waals surface area contributed by atoms with Crippen LogP contribution < -0.4 is 0 Å². The van der Waals surface area contributed by atoms with Crippen molar-refractivity contribution in [1.29, 1.82) is 0 Å². The number of carbonyl (C=O) groups is 1. The van der Waals surface area contributed by atoms with Gasteiger partial charge in [0.05, 0.1) is 0 Å². The van der Waals surface area contributed by atoms with Crippen LogP contribution in [0, 0.1) is 0 Å². The predicted molar refractivity (Wildman–Crippen MR) is 30.0 cm³/mol. The van der Waals surface area contributed by atoms with Crippen LogP contribution in [0.3, 0.4) is 0 Å². The van der Waals surface area contributed by atoms with Crippen molar-refractivity contribution in [2.45, 2.75) is 6.42 Å². The Hall–Kier alpha value is -0.850. The zero-order valence-corrected chi connectivity index (χ0v) is 4.13. The second kappa shape index (κ2) is 5.15. The molecule has 38 valence electrons. The molecule has 0 heterocycles. The Morgan fingerprint density at radius 3 is 2.71 bits per heavy atom. The average Bonchev–Trinajstić information content (AvgIpc) is 1.69. The standard InChI is InChI=1S/C6H8O/c1-2-3-4-5-6-7/h2-4,6H,1,5H2. The fourth-order valence-corrected chi connectivity index (χ4v) is 0.230. The van der Waals surface area contributed by atoms with E-state index < -0.39 is 0 Å². The summed E-state index contributed by atoms with van der Waals surface area (Å²) < 4.78 is 0. The van der Waals surface area contributed by atoms with Gasteiger partial charge in [0.15, 0.2) is 0 Å². The molecule has 0 spiro atoms. The maximum atomic E-state index is 9.59. The summed E-state index contributed by atoms with van der Waals surface area (Å²) in [6.07, 6.45) is 6.48. The van der Waals surface area contributed by atoms with Gasteiger partial charge in [-0.15, -0.1) is 0 Å². The Kier molecular flexibility index (Phi) is 4.52. The topological polar surface area (TPSA) is 17.1 Å². The van der Waals surface area contributed by atoms with E-state index in [0.717, 1.165) is 6.29 Å². The van der Waals surface area contributed by atoms with Gasteiger partial charge in [0.1, 0.15) is 6.29 Å². The molecule has 0 fully saturated rings. The molecule has 0 unspecified atom stereocenters. The Morgan fingerprint density at radius 2 is 2.29 bits per heavy atom. The van der Waals surface area contributed by atoms with Gasteiger partial charge in [-0.25, -0.2) is 0 Å². The highest BCUT2D eigenvalue weighted by Gasteiger charge is 1.64. The molecule has 0 N–H and O–H groups in total. The summed E-state index contributed by atoms with van der Waals surface area (Å²) in [7, 11) is 0. The summed E-state index contributed by atoms with van der Waals surface area (Å²) in [5.41, 5.74) is 0. The van der Waals surface area contributed by atoms with Gasteiger partial charge in [0, 0.05) is 6.42 Å². The largest absolute Gasteiger partial charge is 0.303 e. The van der Waals surface area contributed by atoms with E-state index in [0.29, 0.717) is 6.42 Å². The summed E-state index contributed by atoms with van der Waals surface area (Å²) in [5.74, 6) is 0. The smallest absolute Gasteiger partial charge is 0.123 e. The van der Waals surface area contributed by atoms with Crippen molar-refractivity contribution >= 4 is 6.29 Å². The molecule has 0 saturated heterocycles. The first-order valence-electron chi connectivity index (χ1n) is 2.13. The molecular weight excluding hydrogens is 88.1 g/mol. The van der Waals surface area contributed by atoms with Gasteiger partial charge < -0.3 is 4.79 Å². The van der Waals surface area contributed by atoms with Crippen LogP contribution in [0.4, 0.5) is 0 Å². The molecule has 0 aromatic carbocycles. The van der Waals surface area contributed by atoms with Crippen molar-refractivity contribution in [2.24, 2.45) is 0 Å². The zero-order valence-electron chi connectivity index (χ0n) is 4.13. The van der Waals surface area contributed by atoms with Crippen molar-refractivity contribution in [3.8, 4) is 0 Å². The van der Waals surface area contributed by atoms with Crippen LogP contribution in [0.2, 0.25) is 0 Å². The van der Waals surface area contributed by atoms with Crippen molar-refractivity contribution in [1.82, 2.24) is 0 Å². The Morgan fingerprint density at radius 1 is 1.57 bits per heavy atom. The van der Waals surface area contributed by atoms with Crippen LogP contribution in [0.25, 0.3) is 0 Å². The van der Waals surface area contributed by atoms with Crippen LogP contribution in [-0.2, 0) is 4.79 Å². The summed E-state index contributed by atoms with van der Waals surface area (Å²) in [6.45, 7) is 3.43. The first-order chi connectivity index (χ1) is 3.41. The number of hydrogen-bond acceptors (Lipinski definition) is 1. The van der Waals surface area contributed by atoms with Crippen LogP contribution >= 0.6 is 0 Å². The number of rotatable bonds is 3. The SMILES string of the molecule is C=CC=CCC=O. The van der Waals surface area contributed by atoms with Crippen LogP contribution in [0.1, 0.15) is 6.42 Å². The third-order valence-corrected chi connectivity index (χ3v) is 0.504.